The van der Waals surface area contributed by atoms with Gasteiger partial charge in [0.25, 0.3) is 0 Å². The minimum absolute atomic E-state index is 0.0708. The van der Waals surface area contributed by atoms with Crippen LogP contribution in [0.4, 0.5) is 39.5 Å². The molecule has 11 heteroatoms. The summed E-state index contributed by atoms with van der Waals surface area (Å²) in [6.45, 7) is 2.41. The lowest BCUT2D eigenvalue weighted by molar-refractivity contribution is -0.396. The molecule has 0 bridgehead atoms. The van der Waals surface area contributed by atoms with Crippen LogP contribution in [0.15, 0.2) is 0 Å². The third-order valence-corrected chi connectivity index (χ3v) is 6.60. The van der Waals surface area contributed by atoms with Crippen LogP contribution in [0.3, 0.4) is 0 Å². The molecule has 0 amide bonds. The Balaban J connectivity index is 1.91. The van der Waals surface area contributed by atoms with Crippen molar-refractivity contribution in [3.05, 3.63) is 0 Å². The van der Waals surface area contributed by atoms with Crippen LogP contribution < -0.4 is 0 Å². The van der Waals surface area contributed by atoms with E-state index in [4.69, 9.17) is 9.47 Å². The van der Waals surface area contributed by atoms with E-state index in [9.17, 15) is 39.5 Å². The average Bonchev–Trinajstić information content (AvgIpc) is 3.30. The molecule has 0 radical (unpaired) electrons. The van der Waals surface area contributed by atoms with Crippen molar-refractivity contribution in [2.24, 2.45) is 0 Å². The van der Waals surface area contributed by atoms with Gasteiger partial charge < -0.3 is 9.47 Å². The molecule has 1 aliphatic rings. The second-order valence-electron chi connectivity index (χ2n) is 9.73. The number of hydrogen-bond donors (Lipinski definition) is 0. The molecule has 216 valence electrons. The van der Waals surface area contributed by atoms with Crippen LogP contribution in [-0.4, -0.2) is 49.9 Å². The van der Waals surface area contributed by atoms with E-state index in [-0.39, 0.29) is 6.42 Å². The zero-order valence-corrected chi connectivity index (χ0v) is 20.9. The quantitative estimate of drug-likeness (QED) is 0.106. The van der Waals surface area contributed by atoms with Crippen LogP contribution in [0.1, 0.15) is 109 Å². The number of alkyl halides is 9. The number of rotatable bonds is 21. The highest BCUT2D eigenvalue weighted by Gasteiger charge is 2.81. The van der Waals surface area contributed by atoms with Crippen molar-refractivity contribution >= 4 is 0 Å². The predicted octanol–water partition coefficient (Wildman–Crippen LogP) is 9.50. The Morgan fingerprint density at radius 1 is 0.583 bits per heavy atom. The summed E-state index contributed by atoms with van der Waals surface area (Å²) < 4.78 is 126. The summed E-state index contributed by atoms with van der Waals surface area (Å²) in [5.74, 6) is -18.7. The predicted molar refractivity (Wildman–Crippen MR) is 120 cm³/mol. The van der Waals surface area contributed by atoms with Gasteiger partial charge in [0.1, 0.15) is 0 Å². The van der Waals surface area contributed by atoms with Crippen molar-refractivity contribution in [3.8, 4) is 0 Å². The van der Waals surface area contributed by atoms with Crippen molar-refractivity contribution in [2.45, 2.75) is 139 Å². The van der Waals surface area contributed by atoms with Gasteiger partial charge in [-0.05, 0) is 32.1 Å². The molecule has 1 rings (SSSR count). The molecule has 1 aliphatic heterocycles. The van der Waals surface area contributed by atoms with Gasteiger partial charge in [-0.1, -0.05) is 70.6 Å². The maximum Gasteiger partial charge on any atom is 0.460 e. The Morgan fingerprint density at radius 2 is 1.06 bits per heavy atom. The molecule has 1 atom stereocenters. The van der Waals surface area contributed by atoms with Gasteiger partial charge in [0.05, 0.1) is 6.10 Å². The third kappa shape index (κ3) is 11.4. The fourth-order valence-electron chi connectivity index (χ4n) is 4.25. The first-order chi connectivity index (χ1) is 16.8. The largest absolute Gasteiger partial charge is 0.460 e. The maximum atomic E-state index is 13.4. The summed E-state index contributed by atoms with van der Waals surface area (Å²) >= 11 is 0. The Morgan fingerprint density at radius 3 is 1.50 bits per heavy atom. The standard InChI is InChI=1S/C25H41F9O2/c26-22(27,23(28,29)24(30,31)25(32,33)34)17-12-10-8-6-4-2-1-3-5-7-9-11-13-18-35-20-16-21-15-14-19-36-21/h21H,1-20H2. The van der Waals surface area contributed by atoms with Gasteiger partial charge in [0.2, 0.25) is 0 Å². The zero-order valence-electron chi connectivity index (χ0n) is 20.9. The number of hydrogen-bond acceptors (Lipinski definition) is 2. The van der Waals surface area contributed by atoms with Gasteiger partial charge in [-0.15, -0.1) is 0 Å². The van der Waals surface area contributed by atoms with Crippen LogP contribution >= 0.6 is 0 Å². The van der Waals surface area contributed by atoms with Crippen molar-refractivity contribution in [1.82, 2.24) is 0 Å². The van der Waals surface area contributed by atoms with E-state index in [1.165, 1.54) is 0 Å². The van der Waals surface area contributed by atoms with Crippen molar-refractivity contribution < 1.29 is 49.0 Å². The highest BCUT2D eigenvalue weighted by atomic mass is 19.4. The fraction of sp³-hybridized carbons (Fsp3) is 1.00. The van der Waals surface area contributed by atoms with E-state index < -0.39 is 36.8 Å². The summed E-state index contributed by atoms with van der Waals surface area (Å²) in [7, 11) is 0. The Labute approximate surface area is 208 Å². The SMILES string of the molecule is FC(F)(F)C(F)(F)C(F)(F)C(F)(F)CCCCCCCCCCCCCCCOCCC1CCCO1. The maximum absolute atomic E-state index is 13.4. The smallest absolute Gasteiger partial charge is 0.381 e. The fourth-order valence-corrected chi connectivity index (χ4v) is 4.25. The van der Waals surface area contributed by atoms with Gasteiger partial charge in [0.15, 0.2) is 0 Å². The van der Waals surface area contributed by atoms with E-state index in [2.05, 4.69) is 0 Å². The van der Waals surface area contributed by atoms with E-state index >= 15 is 0 Å². The molecule has 0 saturated carbocycles. The molecule has 1 heterocycles. The average molecular weight is 545 g/mol. The minimum atomic E-state index is -6.79. The van der Waals surface area contributed by atoms with Crippen LogP contribution in [0.25, 0.3) is 0 Å². The molecule has 0 aromatic carbocycles. The van der Waals surface area contributed by atoms with E-state index in [1.54, 1.807) is 0 Å². The summed E-state index contributed by atoms with van der Waals surface area (Å²) in [6, 6.07) is 0. The van der Waals surface area contributed by atoms with Crippen LogP contribution in [0, 0.1) is 0 Å². The minimum Gasteiger partial charge on any atom is -0.381 e. The van der Waals surface area contributed by atoms with Gasteiger partial charge in [-0.25, -0.2) is 0 Å². The molecule has 1 saturated heterocycles. The molecule has 0 aromatic rings. The first-order valence-electron chi connectivity index (χ1n) is 13.2. The van der Waals surface area contributed by atoms with Gasteiger partial charge in [-0.3, -0.25) is 0 Å². The third-order valence-electron chi connectivity index (χ3n) is 6.60. The lowest BCUT2D eigenvalue weighted by Crippen LogP contribution is -2.60. The van der Waals surface area contributed by atoms with Crippen LogP contribution in [-0.2, 0) is 9.47 Å². The Bertz CT molecular complexity index is 562. The zero-order chi connectivity index (χ0) is 27.1. The highest BCUT2D eigenvalue weighted by Crippen LogP contribution is 2.54. The molecule has 2 nitrogen and oxygen atoms in total. The lowest BCUT2D eigenvalue weighted by atomic mass is 9.97. The van der Waals surface area contributed by atoms with Crippen molar-refractivity contribution in [1.29, 1.82) is 0 Å². The molecule has 0 N–H and O–H groups in total. The molecular weight excluding hydrogens is 503 g/mol. The second kappa shape index (κ2) is 16.3. The summed E-state index contributed by atoms with van der Waals surface area (Å²) in [5, 5.41) is 0. The monoisotopic (exact) mass is 544 g/mol. The molecule has 1 unspecified atom stereocenters. The van der Waals surface area contributed by atoms with Crippen LogP contribution in [0.2, 0.25) is 0 Å². The van der Waals surface area contributed by atoms with E-state index in [0.29, 0.717) is 18.9 Å². The first-order valence-corrected chi connectivity index (χ1v) is 13.2. The van der Waals surface area contributed by atoms with Crippen molar-refractivity contribution in [2.75, 3.05) is 19.8 Å². The molecule has 0 aliphatic carbocycles. The van der Waals surface area contributed by atoms with Crippen molar-refractivity contribution in [3.63, 3.8) is 0 Å². The van der Waals surface area contributed by atoms with Gasteiger partial charge in [-0.2, -0.15) is 39.5 Å². The van der Waals surface area contributed by atoms with Crippen LogP contribution in [0.5, 0.6) is 0 Å². The van der Waals surface area contributed by atoms with Gasteiger partial charge in [0, 0.05) is 26.2 Å². The number of halogens is 9. The second-order valence-corrected chi connectivity index (χ2v) is 9.73. The molecule has 1 fully saturated rings. The molecule has 36 heavy (non-hydrogen) atoms. The summed E-state index contributed by atoms with van der Waals surface area (Å²) in [4.78, 5) is 0. The highest BCUT2D eigenvalue weighted by molar-refractivity contribution is 5.00. The van der Waals surface area contributed by atoms with Gasteiger partial charge >= 0.3 is 23.9 Å². The molecular formula is C25H41F9O2. The number of unbranched alkanes of at least 4 members (excludes halogenated alkanes) is 12. The summed E-state index contributed by atoms with van der Waals surface area (Å²) in [5.41, 5.74) is 0. The Kier molecular flexibility index (Phi) is 15.1. The van der Waals surface area contributed by atoms with E-state index in [0.717, 1.165) is 96.9 Å². The number of ether oxygens (including phenoxy) is 2. The summed E-state index contributed by atoms with van der Waals surface area (Å²) in [6.07, 6.45) is 5.34. The molecule has 0 spiro atoms. The Hall–Kier alpha value is -0.710. The normalized spacial score (nSPS) is 17.8. The molecule has 0 aromatic heterocycles. The first kappa shape index (κ1) is 33.3. The van der Waals surface area contributed by atoms with E-state index in [1.807, 2.05) is 0 Å². The lowest BCUT2D eigenvalue weighted by Gasteiger charge is -2.33. The topological polar surface area (TPSA) is 18.5 Å².